The summed E-state index contributed by atoms with van der Waals surface area (Å²) < 4.78 is 17.3. The van der Waals surface area contributed by atoms with Gasteiger partial charge in [0.25, 0.3) is 5.91 Å². The third-order valence-electron chi connectivity index (χ3n) is 5.52. The number of amides is 1. The second-order valence-electron chi connectivity index (χ2n) is 7.60. The summed E-state index contributed by atoms with van der Waals surface area (Å²) >= 11 is 3.45. The Hall–Kier alpha value is -3.65. The highest BCUT2D eigenvalue weighted by molar-refractivity contribution is 9.10. The first-order valence-corrected chi connectivity index (χ1v) is 11.4. The average Bonchev–Trinajstić information content (AvgIpc) is 3.33. The molecule has 1 heterocycles. The SMILES string of the molecule is COc1ccc(C2CC(c3ccc(Br)cc3)=NN2C(=O)COc2ccc(C=O)cc2OC)cc1. The Morgan fingerprint density at radius 1 is 1.03 bits per heavy atom. The van der Waals surface area contributed by atoms with E-state index in [0.29, 0.717) is 23.5 Å². The molecule has 0 N–H and O–H groups in total. The summed E-state index contributed by atoms with van der Waals surface area (Å²) in [5.41, 5.74) is 3.16. The van der Waals surface area contributed by atoms with Crippen LogP contribution in [0.5, 0.6) is 17.2 Å². The Bertz CT molecular complexity index is 1210. The molecule has 0 radical (unpaired) electrons. The summed E-state index contributed by atoms with van der Waals surface area (Å²) in [7, 11) is 3.09. The number of hydrogen-bond acceptors (Lipinski definition) is 6. The van der Waals surface area contributed by atoms with Crippen molar-refractivity contribution < 1.29 is 23.8 Å². The summed E-state index contributed by atoms with van der Waals surface area (Å²) in [4.78, 5) is 24.3. The number of ether oxygens (including phenoxy) is 3. The van der Waals surface area contributed by atoms with E-state index in [2.05, 4.69) is 21.0 Å². The van der Waals surface area contributed by atoms with Gasteiger partial charge in [0.05, 0.1) is 26.0 Å². The zero-order valence-electron chi connectivity index (χ0n) is 18.7. The first kappa shape index (κ1) is 23.5. The van der Waals surface area contributed by atoms with Crippen molar-refractivity contribution in [2.75, 3.05) is 20.8 Å². The van der Waals surface area contributed by atoms with Crippen molar-refractivity contribution in [1.29, 1.82) is 0 Å². The van der Waals surface area contributed by atoms with E-state index in [4.69, 9.17) is 14.2 Å². The van der Waals surface area contributed by atoms with Gasteiger partial charge < -0.3 is 14.2 Å². The number of hydrogen-bond donors (Lipinski definition) is 0. The fourth-order valence-corrected chi connectivity index (χ4v) is 3.99. The molecule has 0 bridgehead atoms. The van der Waals surface area contributed by atoms with Crippen molar-refractivity contribution >= 4 is 33.8 Å². The van der Waals surface area contributed by atoms with Crippen LogP contribution in [0.3, 0.4) is 0 Å². The number of rotatable bonds is 8. The molecule has 0 fully saturated rings. The minimum Gasteiger partial charge on any atom is -0.497 e. The number of carbonyl (C=O) groups excluding carboxylic acids is 2. The second-order valence-corrected chi connectivity index (χ2v) is 8.52. The standard InChI is InChI=1S/C26H23BrN2O5/c1-32-21-10-6-19(7-11-21)23-14-22(18-4-8-20(27)9-5-18)28-29(23)26(31)16-34-24-12-3-17(15-30)13-25(24)33-2/h3-13,15,23H,14,16H2,1-2H3. The molecule has 0 aromatic heterocycles. The lowest BCUT2D eigenvalue weighted by Gasteiger charge is -2.22. The average molecular weight is 523 g/mol. The third kappa shape index (κ3) is 5.12. The zero-order valence-corrected chi connectivity index (χ0v) is 20.3. The Labute approximate surface area is 206 Å². The molecule has 8 heteroatoms. The Balaban J connectivity index is 1.58. The predicted octanol–water partition coefficient (Wildman–Crippen LogP) is 5.04. The molecule has 1 atom stereocenters. The lowest BCUT2D eigenvalue weighted by Crippen LogP contribution is -2.31. The van der Waals surface area contributed by atoms with Crippen LogP contribution in [0.4, 0.5) is 0 Å². The number of halogens is 1. The molecule has 0 saturated heterocycles. The molecule has 34 heavy (non-hydrogen) atoms. The molecule has 0 spiro atoms. The van der Waals surface area contributed by atoms with Gasteiger partial charge in [0, 0.05) is 16.5 Å². The van der Waals surface area contributed by atoms with Gasteiger partial charge >= 0.3 is 0 Å². The highest BCUT2D eigenvalue weighted by Crippen LogP contribution is 2.34. The second kappa shape index (κ2) is 10.5. The number of methoxy groups -OCH3 is 2. The van der Waals surface area contributed by atoms with Crippen molar-refractivity contribution in [2.24, 2.45) is 5.10 Å². The van der Waals surface area contributed by atoms with Crippen LogP contribution in [-0.2, 0) is 4.79 Å². The normalized spacial score (nSPS) is 15.0. The quantitative estimate of drug-likeness (QED) is 0.387. The number of hydrazone groups is 1. The molecule has 7 nitrogen and oxygen atoms in total. The molecule has 0 saturated carbocycles. The van der Waals surface area contributed by atoms with Gasteiger partial charge in [-0.1, -0.05) is 40.2 Å². The van der Waals surface area contributed by atoms with E-state index in [-0.39, 0.29) is 18.6 Å². The van der Waals surface area contributed by atoms with Gasteiger partial charge in [-0.2, -0.15) is 5.10 Å². The number of carbonyl (C=O) groups is 2. The molecule has 3 aromatic rings. The van der Waals surface area contributed by atoms with Gasteiger partial charge in [0.1, 0.15) is 12.0 Å². The minimum absolute atomic E-state index is 0.236. The molecule has 4 rings (SSSR count). The summed E-state index contributed by atoms with van der Waals surface area (Å²) in [6, 6.07) is 19.9. The van der Waals surface area contributed by atoms with Crippen molar-refractivity contribution in [2.45, 2.75) is 12.5 Å². The highest BCUT2D eigenvalue weighted by atomic mass is 79.9. The van der Waals surface area contributed by atoms with E-state index >= 15 is 0 Å². The van der Waals surface area contributed by atoms with Gasteiger partial charge in [0.15, 0.2) is 18.1 Å². The van der Waals surface area contributed by atoms with Crippen LogP contribution in [0.2, 0.25) is 0 Å². The van der Waals surface area contributed by atoms with Crippen molar-refractivity contribution in [3.8, 4) is 17.2 Å². The van der Waals surface area contributed by atoms with E-state index in [0.717, 1.165) is 33.3 Å². The van der Waals surface area contributed by atoms with Crippen LogP contribution >= 0.6 is 15.9 Å². The fourth-order valence-electron chi connectivity index (χ4n) is 3.73. The molecule has 0 aliphatic carbocycles. The summed E-state index contributed by atoms with van der Waals surface area (Å²) in [6.45, 7) is -0.236. The van der Waals surface area contributed by atoms with E-state index in [9.17, 15) is 9.59 Å². The Morgan fingerprint density at radius 2 is 1.76 bits per heavy atom. The third-order valence-corrected chi connectivity index (χ3v) is 6.05. The molecule has 3 aromatic carbocycles. The van der Waals surface area contributed by atoms with Gasteiger partial charge in [-0.3, -0.25) is 9.59 Å². The van der Waals surface area contributed by atoms with E-state index in [1.165, 1.54) is 12.1 Å². The predicted molar refractivity (Wildman–Crippen MR) is 132 cm³/mol. The first-order chi connectivity index (χ1) is 16.5. The summed E-state index contributed by atoms with van der Waals surface area (Å²) in [5.74, 6) is 1.20. The maximum atomic E-state index is 13.2. The largest absolute Gasteiger partial charge is 0.497 e. The highest BCUT2D eigenvalue weighted by Gasteiger charge is 2.33. The van der Waals surface area contributed by atoms with E-state index < -0.39 is 0 Å². The lowest BCUT2D eigenvalue weighted by molar-refractivity contribution is -0.135. The smallest absolute Gasteiger partial charge is 0.281 e. The van der Waals surface area contributed by atoms with Crippen LogP contribution < -0.4 is 14.2 Å². The zero-order chi connectivity index (χ0) is 24.1. The van der Waals surface area contributed by atoms with Gasteiger partial charge in [0.2, 0.25) is 0 Å². The van der Waals surface area contributed by atoms with Crippen LogP contribution in [0.25, 0.3) is 0 Å². The minimum atomic E-state index is -0.297. The summed E-state index contributed by atoms with van der Waals surface area (Å²) in [5, 5.41) is 6.14. The van der Waals surface area contributed by atoms with Crippen molar-refractivity contribution in [3.63, 3.8) is 0 Å². The Kier molecular flexibility index (Phi) is 7.27. The van der Waals surface area contributed by atoms with Crippen LogP contribution in [0.1, 0.15) is 33.9 Å². The monoisotopic (exact) mass is 522 g/mol. The maximum absolute atomic E-state index is 13.2. The summed E-state index contributed by atoms with van der Waals surface area (Å²) in [6.07, 6.45) is 1.29. The maximum Gasteiger partial charge on any atom is 0.281 e. The molecule has 1 aliphatic rings. The van der Waals surface area contributed by atoms with E-state index in [1.54, 1.807) is 25.3 Å². The molecule has 174 valence electrons. The van der Waals surface area contributed by atoms with Crippen LogP contribution in [-0.4, -0.2) is 43.7 Å². The van der Waals surface area contributed by atoms with Crippen molar-refractivity contribution in [1.82, 2.24) is 5.01 Å². The Morgan fingerprint density at radius 3 is 2.41 bits per heavy atom. The topological polar surface area (TPSA) is 77.4 Å². The van der Waals surface area contributed by atoms with Crippen LogP contribution in [0, 0.1) is 0 Å². The van der Waals surface area contributed by atoms with Crippen molar-refractivity contribution in [3.05, 3.63) is 87.9 Å². The van der Waals surface area contributed by atoms with Gasteiger partial charge in [-0.15, -0.1) is 0 Å². The molecular formula is C26H23BrN2O5. The number of aldehydes is 1. The molecule has 1 aliphatic heterocycles. The van der Waals surface area contributed by atoms with Gasteiger partial charge in [-0.25, -0.2) is 5.01 Å². The lowest BCUT2D eigenvalue weighted by atomic mass is 9.98. The molecular weight excluding hydrogens is 500 g/mol. The molecule has 1 unspecified atom stereocenters. The molecule has 1 amide bonds. The van der Waals surface area contributed by atoms with Gasteiger partial charge in [-0.05, 0) is 53.6 Å². The number of benzene rings is 3. The number of nitrogens with zero attached hydrogens (tertiary/aromatic N) is 2. The van der Waals surface area contributed by atoms with E-state index in [1.807, 2.05) is 48.5 Å². The van der Waals surface area contributed by atoms with Crippen LogP contribution in [0.15, 0.2) is 76.3 Å². The first-order valence-electron chi connectivity index (χ1n) is 10.6. The fraction of sp³-hybridized carbons (Fsp3) is 0.192.